The Morgan fingerprint density at radius 3 is 2.74 bits per heavy atom. The lowest BCUT2D eigenvalue weighted by Gasteiger charge is -2.57. The number of nitrogens with one attached hydrogen (secondary N) is 1. The van der Waals surface area contributed by atoms with Gasteiger partial charge in [0.05, 0.1) is 32.6 Å². The summed E-state index contributed by atoms with van der Waals surface area (Å²) in [6.07, 6.45) is 4.86. The van der Waals surface area contributed by atoms with E-state index in [-0.39, 0.29) is 29.4 Å². The predicted molar refractivity (Wildman–Crippen MR) is 107 cm³/mol. The lowest BCUT2D eigenvalue weighted by molar-refractivity contribution is -0.128. The van der Waals surface area contributed by atoms with Gasteiger partial charge in [-0.05, 0) is 62.1 Å². The van der Waals surface area contributed by atoms with Crippen LogP contribution in [-0.4, -0.2) is 36.9 Å². The number of benzene rings is 1. The largest absolute Gasteiger partial charge is 0.353 e. The number of rotatable bonds is 3. The molecule has 2 saturated carbocycles. The lowest BCUT2D eigenvalue weighted by atomic mass is 9.50. The van der Waals surface area contributed by atoms with Crippen LogP contribution in [0.1, 0.15) is 48.6 Å². The highest BCUT2D eigenvalue weighted by molar-refractivity contribution is 7.91. The highest BCUT2D eigenvalue weighted by atomic mass is 32.2. The van der Waals surface area contributed by atoms with Crippen LogP contribution in [0.2, 0.25) is 0 Å². The van der Waals surface area contributed by atoms with Gasteiger partial charge in [-0.25, -0.2) is 13.4 Å². The molecule has 0 radical (unpaired) electrons. The fraction of sp³-hybridized carbons (Fsp3) is 0.600. The van der Waals surface area contributed by atoms with Crippen molar-refractivity contribution in [1.29, 1.82) is 0 Å². The second kappa shape index (κ2) is 6.01. The highest BCUT2D eigenvalue weighted by Crippen LogP contribution is 2.62. The summed E-state index contributed by atoms with van der Waals surface area (Å²) in [5, 5.41) is 4.34. The van der Waals surface area contributed by atoms with Gasteiger partial charge in [0.1, 0.15) is 0 Å². The van der Waals surface area contributed by atoms with Crippen molar-refractivity contribution >= 4 is 37.3 Å². The second-order valence-electron chi connectivity index (χ2n) is 8.84. The van der Waals surface area contributed by atoms with E-state index in [4.69, 9.17) is 4.98 Å². The molecule has 144 valence electrons. The molecule has 1 aromatic carbocycles. The van der Waals surface area contributed by atoms with Gasteiger partial charge in [-0.2, -0.15) is 0 Å². The maximum atomic E-state index is 12.3. The Balaban J connectivity index is 1.15. The first-order chi connectivity index (χ1) is 12.8. The predicted octanol–water partition coefficient (Wildman–Crippen LogP) is 3.18. The molecule has 7 heteroatoms. The average Bonchev–Trinajstić information content (AvgIpc) is 3.10. The van der Waals surface area contributed by atoms with Crippen molar-refractivity contribution in [2.24, 2.45) is 11.3 Å². The molecule has 1 aromatic heterocycles. The number of aromatic nitrogens is 1. The Kier molecular flexibility index (Phi) is 3.92. The van der Waals surface area contributed by atoms with E-state index < -0.39 is 9.84 Å². The number of carbonyl (C=O) groups excluding carboxylic acids is 1. The van der Waals surface area contributed by atoms with Gasteiger partial charge in [-0.3, -0.25) is 4.79 Å². The number of carbonyl (C=O) groups is 1. The SMILES string of the molecule is Cc1ccc2sc(C3CC4(CC(NC(=O)C5CCS(=O)(=O)C5)C4)C3)nc2c1. The Hall–Kier alpha value is -1.47. The third-order valence-corrected chi connectivity index (χ3v) is 9.54. The molecule has 1 amide bonds. The zero-order chi connectivity index (χ0) is 18.8. The maximum absolute atomic E-state index is 12.3. The fourth-order valence-electron chi connectivity index (χ4n) is 5.13. The first kappa shape index (κ1) is 17.6. The summed E-state index contributed by atoms with van der Waals surface area (Å²) >= 11 is 1.82. The Bertz CT molecular complexity index is 1010. The van der Waals surface area contributed by atoms with Crippen LogP contribution < -0.4 is 5.32 Å². The number of hydrogen-bond donors (Lipinski definition) is 1. The minimum Gasteiger partial charge on any atom is -0.353 e. The van der Waals surface area contributed by atoms with Crippen LogP contribution in [-0.2, 0) is 14.6 Å². The topological polar surface area (TPSA) is 76.1 Å². The molecule has 2 aliphatic carbocycles. The van der Waals surface area contributed by atoms with Crippen LogP contribution >= 0.6 is 11.3 Å². The zero-order valence-electron chi connectivity index (χ0n) is 15.4. The van der Waals surface area contributed by atoms with E-state index in [1.807, 2.05) is 11.3 Å². The molecule has 1 saturated heterocycles. The van der Waals surface area contributed by atoms with Gasteiger partial charge in [0.15, 0.2) is 9.84 Å². The number of aryl methyl sites for hydroxylation is 1. The highest BCUT2D eigenvalue weighted by Gasteiger charge is 2.54. The van der Waals surface area contributed by atoms with E-state index >= 15 is 0 Å². The molecule has 1 N–H and O–H groups in total. The van der Waals surface area contributed by atoms with Crippen molar-refractivity contribution in [3.05, 3.63) is 28.8 Å². The molecule has 1 spiro atoms. The van der Waals surface area contributed by atoms with E-state index in [0.29, 0.717) is 17.8 Å². The van der Waals surface area contributed by atoms with Gasteiger partial charge in [0, 0.05) is 12.0 Å². The minimum atomic E-state index is -3.00. The molecular formula is C20H24N2O3S2. The van der Waals surface area contributed by atoms with Gasteiger partial charge in [0.2, 0.25) is 5.91 Å². The summed E-state index contributed by atoms with van der Waals surface area (Å²) in [7, 11) is -3.00. The van der Waals surface area contributed by atoms with Crippen LogP contribution in [0.25, 0.3) is 10.2 Å². The molecule has 0 bridgehead atoms. The van der Waals surface area contributed by atoms with Crippen molar-refractivity contribution in [3.8, 4) is 0 Å². The summed E-state index contributed by atoms with van der Waals surface area (Å²) < 4.78 is 24.4. The van der Waals surface area contributed by atoms with E-state index in [0.717, 1.165) is 31.2 Å². The van der Waals surface area contributed by atoms with Crippen molar-refractivity contribution in [2.45, 2.75) is 51.0 Å². The standard InChI is InChI=1S/C20H24N2O3S2/c1-12-2-3-17-16(6-12)22-19(26-17)14-7-20(8-14)9-15(10-20)21-18(23)13-4-5-27(24,25)11-13/h2-3,6,13-15H,4-5,7-11H2,1H3,(H,21,23). The van der Waals surface area contributed by atoms with Gasteiger partial charge in [-0.1, -0.05) is 6.07 Å². The van der Waals surface area contributed by atoms with Gasteiger partial charge in [-0.15, -0.1) is 11.3 Å². The van der Waals surface area contributed by atoms with E-state index in [2.05, 4.69) is 30.4 Å². The molecule has 2 heterocycles. The maximum Gasteiger partial charge on any atom is 0.224 e. The Labute approximate surface area is 163 Å². The van der Waals surface area contributed by atoms with Crippen LogP contribution in [0.4, 0.5) is 0 Å². The van der Waals surface area contributed by atoms with Crippen LogP contribution in [0, 0.1) is 18.3 Å². The number of amides is 1. The molecule has 1 atom stereocenters. The molecule has 3 aliphatic rings. The summed E-state index contributed by atoms with van der Waals surface area (Å²) in [5.41, 5.74) is 2.73. The minimum absolute atomic E-state index is 0.0237. The third kappa shape index (κ3) is 3.18. The number of hydrogen-bond acceptors (Lipinski definition) is 5. The van der Waals surface area contributed by atoms with E-state index in [9.17, 15) is 13.2 Å². The van der Waals surface area contributed by atoms with Gasteiger partial charge >= 0.3 is 0 Å². The molecule has 2 aromatic rings. The second-order valence-corrected chi connectivity index (χ2v) is 12.1. The van der Waals surface area contributed by atoms with Crippen LogP contribution in [0.3, 0.4) is 0 Å². The smallest absolute Gasteiger partial charge is 0.224 e. The molecule has 5 rings (SSSR count). The number of nitrogens with zero attached hydrogens (tertiary/aromatic N) is 1. The Morgan fingerprint density at radius 2 is 2.04 bits per heavy atom. The normalized spacial score (nSPS) is 34.3. The summed E-state index contributed by atoms with van der Waals surface area (Å²) in [5.74, 6) is 0.332. The molecule has 1 aliphatic heterocycles. The molecule has 3 fully saturated rings. The quantitative estimate of drug-likeness (QED) is 0.852. The van der Waals surface area contributed by atoms with E-state index in [1.165, 1.54) is 15.3 Å². The summed E-state index contributed by atoms with van der Waals surface area (Å²) in [4.78, 5) is 17.1. The first-order valence-electron chi connectivity index (χ1n) is 9.69. The first-order valence-corrected chi connectivity index (χ1v) is 12.3. The molecule has 5 nitrogen and oxygen atoms in total. The van der Waals surface area contributed by atoms with Gasteiger partial charge in [0.25, 0.3) is 0 Å². The van der Waals surface area contributed by atoms with E-state index in [1.54, 1.807) is 0 Å². The Morgan fingerprint density at radius 1 is 1.26 bits per heavy atom. The monoisotopic (exact) mass is 404 g/mol. The molecule has 27 heavy (non-hydrogen) atoms. The van der Waals surface area contributed by atoms with Crippen molar-refractivity contribution in [1.82, 2.24) is 10.3 Å². The van der Waals surface area contributed by atoms with Crippen molar-refractivity contribution in [2.75, 3.05) is 11.5 Å². The van der Waals surface area contributed by atoms with Crippen LogP contribution in [0.5, 0.6) is 0 Å². The zero-order valence-corrected chi connectivity index (χ0v) is 17.0. The average molecular weight is 405 g/mol. The number of thiazole rings is 1. The summed E-state index contributed by atoms with van der Waals surface area (Å²) in [6, 6.07) is 6.68. The van der Waals surface area contributed by atoms with Gasteiger partial charge < -0.3 is 5.32 Å². The number of sulfone groups is 1. The van der Waals surface area contributed by atoms with Crippen LogP contribution in [0.15, 0.2) is 18.2 Å². The van der Waals surface area contributed by atoms with Crippen molar-refractivity contribution in [3.63, 3.8) is 0 Å². The third-order valence-electron chi connectivity index (χ3n) is 6.58. The number of fused-ring (bicyclic) bond motifs is 1. The summed E-state index contributed by atoms with van der Waals surface area (Å²) in [6.45, 7) is 2.10. The molecule has 1 unspecified atom stereocenters. The van der Waals surface area contributed by atoms with Crippen molar-refractivity contribution < 1.29 is 13.2 Å². The fourth-order valence-corrected chi connectivity index (χ4v) is 7.92. The molecular weight excluding hydrogens is 380 g/mol. The lowest BCUT2D eigenvalue weighted by Crippen LogP contribution is -2.56.